The Kier molecular flexibility index (Phi) is 4.67. The quantitative estimate of drug-likeness (QED) is 0.934. The van der Waals surface area contributed by atoms with Crippen LogP contribution in [0, 0.1) is 5.92 Å². The van der Waals surface area contributed by atoms with Gasteiger partial charge in [-0.15, -0.1) is 0 Å². The first-order valence-corrected chi connectivity index (χ1v) is 8.33. The standard InChI is InChI=1S/C18H25NO3/c1-22-15-9-4-7-14(12-15)17(20)18(21)19-11-5-8-13-6-2-3-10-16(13)19/h4,7,9,12-13,16-17,20H,2-3,5-6,8,10-11H2,1H3. The zero-order valence-corrected chi connectivity index (χ0v) is 13.2. The van der Waals surface area contributed by atoms with Crippen molar-refractivity contribution in [2.75, 3.05) is 13.7 Å². The fourth-order valence-electron chi connectivity index (χ4n) is 4.01. The van der Waals surface area contributed by atoms with Crippen molar-refractivity contribution in [3.63, 3.8) is 0 Å². The van der Waals surface area contributed by atoms with E-state index in [0.29, 0.717) is 23.3 Å². The number of ether oxygens (including phenoxy) is 1. The zero-order chi connectivity index (χ0) is 15.5. The summed E-state index contributed by atoms with van der Waals surface area (Å²) in [6.45, 7) is 0.779. The van der Waals surface area contributed by atoms with Gasteiger partial charge in [0, 0.05) is 12.6 Å². The lowest BCUT2D eigenvalue weighted by Gasteiger charge is -2.44. The summed E-state index contributed by atoms with van der Waals surface area (Å²) in [5, 5.41) is 10.5. The number of methoxy groups -OCH3 is 1. The number of carbonyl (C=O) groups excluding carboxylic acids is 1. The highest BCUT2D eigenvalue weighted by Gasteiger charge is 2.37. The molecule has 0 bridgehead atoms. The second kappa shape index (κ2) is 6.69. The third-order valence-electron chi connectivity index (χ3n) is 5.17. The molecule has 1 saturated carbocycles. The number of piperidine rings is 1. The predicted molar refractivity (Wildman–Crippen MR) is 84.6 cm³/mol. The van der Waals surface area contributed by atoms with Gasteiger partial charge in [0.05, 0.1) is 7.11 Å². The number of fused-ring (bicyclic) bond motifs is 1. The van der Waals surface area contributed by atoms with Crippen LogP contribution in [-0.2, 0) is 4.79 Å². The second-order valence-electron chi connectivity index (χ2n) is 6.46. The summed E-state index contributed by atoms with van der Waals surface area (Å²) in [5.74, 6) is 1.15. The van der Waals surface area contributed by atoms with E-state index in [4.69, 9.17) is 4.74 Å². The van der Waals surface area contributed by atoms with Crippen molar-refractivity contribution in [3.8, 4) is 5.75 Å². The van der Waals surface area contributed by atoms with Crippen LogP contribution in [0.5, 0.6) is 5.75 Å². The van der Waals surface area contributed by atoms with Crippen LogP contribution in [-0.4, -0.2) is 35.6 Å². The molecule has 2 aliphatic rings. The van der Waals surface area contributed by atoms with E-state index < -0.39 is 6.10 Å². The van der Waals surface area contributed by atoms with E-state index in [2.05, 4.69) is 0 Å². The van der Waals surface area contributed by atoms with Gasteiger partial charge in [-0.2, -0.15) is 0 Å². The summed E-state index contributed by atoms with van der Waals surface area (Å²) in [6, 6.07) is 7.48. The molecule has 3 atom stereocenters. The highest BCUT2D eigenvalue weighted by molar-refractivity contribution is 5.82. The Morgan fingerprint density at radius 2 is 2.05 bits per heavy atom. The summed E-state index contributed by atoms with van der Waals surface area (Å²) >= 11 is 0. The molecule has 1 amide bonds. The zero-order valence-electron chi connectivity index (χ0n) is 13.2. The van der Waals surface area contributed by atoms with Crippen LogP contribution in [0.25, 0.3) is 0 Å². The number of aliphatic hydroxyl groups is 1. The first-order chi connectivity index (χ1) is 10.7. The molecule has 1 aromatic rings. The number of hydrogen-bond donors (Lipinski definition) is 1. The Bertz CT molecular complexity index is 529. The van der Waals surface area contributed by atoms with E-state index >= 15 is 0 Å². The smallest absolute Gasteiger partial charge is 0.256 e. The molecule has 120 valence electrons. The number of aliphatic hydroxyl groups excluding tert-OH is 1. The van der Waals surface area contributed by atoms with Crippen molar-refractivity contribution >= 4 is 5.91 Å². The van der Waals surface area contributed by atoms with Crippen LogP contribution >= 0.6 is 0 Å². The summed E-state index contributed by atoms with van der Waals surface area (Å²) < 4.78 is 5.18. The second-order valence-corrected chi connectivity index (χ2v) is 6.46. The first kappa shape index (κ1) is 15.3. The Labute approximate surface area is 132 Å². The van der Waals surface area contributed by atoms with Gasteiger partial charge in [-0.25, -0.2) is 0 Å². The highest BCUT2D eigenvalue weighted by atomic mass is 16.5. The van der Waals surface area contributed by atoms with Gasteiger partial charge in [0.25, 0.3) is 5.91 Å². The average molecular weight is 303 g/mol. The fourth-order valence-corrected chi connectivity index (χ4v) is 4.01. The number of likely N-dealkylation sites (tertiary alicyclic amines) is 1. The number of benzene rings is 1. The third-order valence-corrected chi connectivity index (χ3v) is 5.17. The van der Waals surface area contributed by atoms with E-state index in [9.17, 15) is 9.90 Å². The maximum Gasteiger partial charge on any atom is 0.256 e. The van der Waals surface area contributed by atoms with Gasteiger partial charge in [0.1, 0.15) is 5.75 Å². The molecular weight excluding hydrogens is 278 g/mol. The van der Waals surface area contributed by atoms with E-state index in [1.165, 1.54) is 25.7 Å². The summed E-state index contributed by atoms with van der Waals surface area (Å²) in [5.41, 5.74) is 0.613. The SMILES string of the molecule is COc1cccc(C(O)C(=O)N2CCCC3CCCCC32)c1. The van der Waals surface area contributed by atoms with Crippen LogP contribution < -0.4 is 4.74 Å². The topological polar surface area (TPSA) is 49.8 Å². The molecule has 4 heteroatoms. The molecular formula is C18H25NO3. The minimum atomic E-state index is -1.09. The number of nitrogens with zero attached hydrogens (tertiary/aromatic N) is 1. The molecule has 2 fully saturated rings. The van der Waals surface area contributed by atoms with Crippen molar-refractivity contribution in [2.45, 2.75) is 50.7 Å². The van der Waals surface area contributed by atoms with Gasteiger partial charge < -0.3 is 14.7 Å². The van der Waals surface area contributed by atoms with Crippen LogP contribution in [0.4, 0.5) is 0 Å². The largest absolute Gasteiger partial charge is 0.497 e. The molecule has 3 unspecified atom stereocenters. The van der Waals surface area contributed by atoms with E-state index in [-0.39, 0.29) is 5.91 Å². The molecule has 1 saturated heterocycles. The van der Waals surface area contributed by atoms with Crippen molar-refractivity contribution in [1.82, 2.24) is 4.90 Å². The van der Waals surface area contributed by atoms with Gasteiger partial charge in [-0.1, -0.05) is 25.0 Å². The van der Waals surface area contributed by atoms with Crippen molar-refractivity contribution < 1.29 is 14.6 Å². The minimum absolute atomic E-state index is 0.148. The highest BCUT2D eigenvalue weighted by Crippen LogP contribution is 2.36. The number of rotatable bonds is 3. The van der Waals surface area contributed by atoms with Gasteiger partial charge in [0.15, 0.2) is 6.10 Å². The van der Waals surface area contributed by atoms with E-state index in [1.807, 2.05) is 17.0 Å². The fraction of sp³-hybridized carbons (Fsp3) is 0.611. The van der Waals surface area contributed by atoms with Crippen LogP contribution in [0.15, 0.2) is 24.3 Å². The number of hydrogen-bond acceptors (Lipinski definition) is 3. The van der Waals surface area contributed by atoms with Gasteiger partial charge in [0.2, 0.25) is 0 Å². The molecule has 1 aliphatic carbocycles. The summed E-state index contributed by atoms with van der Waals surface area (Å²) in [6.07, 6.45) is 5.98. The minimum Gasteiger partial charge on any atom is -0.497 e. The van der Waals surface area contributed by atoms with Crippen LogP contribution in [0.1, 0.15) is 50.2 Å². The van der Waals surface area contributed by atoms with Crippen molar-refractivity contribution in [2.24, 2.45) is 5.92 Å². The molecule has 22 heavy (non-hydrogen) atoms. The lowest BCUT2D eigenvalue weighted by Crippen LogP contribution is -2.51. The average Bonchev–Trinajstić information content (AvgIpc) is 2.60. The van der Waals surface area contributed by atoms with Gasteiger partial charge in [-0.05, 0) is 49.3 Å². The Morgan fingerprint density at radius 3 is 2.86 bits per heavy atom. The van der Waals surface area contributed by atoms with Gasteiger partial charge >= 0.3 is 0 Å². The maximum atomic E-state index is 12.8. The Morgan fingerprint density at radius 1 is 1.27 bits per heavy atom. The molecule has 3 rings (SSSR count). The molecule has 1 N–H and O–H groups in total. The third kappa shape index (κ3) is 2.98. The van der Waals surface area contributed by atoms with Crippen molar-refractivity contribution in [1.29, 1.82) is 0 Å². The van der Waals surface area contributed by atoms with E-state index in [0.717, 1.165) is 19.4 Å². The van der Waals surface area contributed by atoms with Crippen LogP contribution in [0.3, 0.4) is 0 Å². The lowest BCUT2D eigenvalue weighted by molar-refractivity contribution is -0.147. The van der Waals surface area contributed by atoms with Gasteiger partial charge in [-0.3, -0.25) is 4.79 Å². The van der Waals surface area contributed by atoms with Crippen LogP contribution in [0.2, 0.25) is 0 Å². The van der Waals surface area contributed by atoms with Crippen molar-refractivity contribution in [3.05, 3.63) is 29.8 Å². The monoisotopic (exact) mass is 303 g/mol. The Hall–Kier alpha value is -1.55. The molecule has 0 spiro atoms. The maximum absolute atomic E-state index is 12.8. The lowest BCUT2D eigenvalue weighted by atomic mass is 9.78. The number of amides is 1. The predicted octanol–water partition coefficient (Wildman–Crippen LogP) is 2.91. The molecule has 1 aromatic carbocycles. The molecule has 0 aromatic heterocycles. The first-order valence-electron chi connectivity index (χ1n) is 8.33. The molecule has 4 nitrogen and oxygen atoms in total. The molecule has 0 radical (unpaired) electrons. The Balaban J connectivity index is 1.76. The summed E-state index contributed by atoms with van der Waals surface area (Å²) in [4.78, 5) is 14.7. The number of carbonyl (C=O) groups is 1. The summed E-state index contributed by atoms with van der Waals surface area (Å²) in [7, 11) is 1.59. The van der Waals surface area contributed by atoms with E-state index in [1.54, 1.807) is 19.2 Å². The molecule has 1 aliphatic heterocycles. The molecule has 1 heterocycles. The normalized spacial score (nSPS) is 26.2.